The first-order valence-corrected chi connectivity index (χ1v) is 12.0. The quantitative estimate of drug-likeness (QED) is 0.745. The summed E-state index contributed by atoms with van der Waals surface area (Å²) in [5, 5.41) is 1.62. The molecule has 2 heterocycles. The van der Waals surface area contributed by atoms with Crippen LogP contribution in [-0.4, -0.2) is 37.2 Å². The van der Waals surface area contributed by atoms with E-state index in [1.807, 2.05) is 24.3 Å². The number of benzene rings is 2. The number of thioether (sulfide) groups is 1. The molecule has 0 aromatic heterocycles. The second kappa shape index (κ2) is 7.15. The summed E-state index contributed by atoms with van der Waals surface area (Å²) in [6.07, 6.45) is 0. The van der Waals surface area contributed by atoms with Gasteiger partial charge in [0, 0.05) is 16.5 Å². The number of fused-ring (bicyclic) bond motifs is 1. The highest BCUT2D eigenvalue weighted by Crippen LogP contribution is 2.38. The van der Waals surface area contributed by atoms with E-state index in [1.165, 1.54) is 0 Å². The predicted molar refractivity (Wildman–Crippen MR) is 115 cm³/mol. The summed E-state index contributed by atoms with van der Waals surface area (Å²) < 4.78 is 24.4. The number of aryl methyl sites for hydroxylation is 2. The molecule has 0 unspecified atom stereocenters. The van der Waals surface area contributed by atoms with E-state index in [9.17, 15) is 8.42 Å². The molecule has 0 saturated carbocycles. The van der Waals surface area contributed by atoms with Crippen LogP contribution in [0.25, 0.3) is 0 Å². The lowest BCUT2D eigenvalue weighted by Crippen LogP contribution is -2.39. The van der Waals surface area contributed by atoms with Crippen molar-refractivity contribution in [2.75, 3.05) is 16.4 Å². The van der Waals surface area contributed by atoms with E-state index in [0.717, 1.165) is 32.6 Å². The van der Waals surface area contributed by atoms with Crippen LogP contribution in [0.15, 0.2) is 47.5 Å². The molecule has 0 bridgehead atoms. The number of halogens is 1. The SMILES string of the molecule is Cc1ccc(C)c(N2C(SCc3ccccc3Cl)=N[C@H]3CS(=O)(=O)C[C@@H]32)c1. The highest BCUT2D eigenvalue weighted by atomic mass is 35.5. The van der Waals surface area contributed by atoms with Crippen molar-refractivity contribution in [2.45, 2.75) is 31.7 Å². The number of sulfone groups is 1. The molecule has 2 aliphatic rings. The molecule has 2 atom stereocenters. The minimum Gasteiger partial charge on any atom is -0.315 e. The third kappa shape index (κ3) is 3.75. The Bertz CT molecular complexity index is 1020. The Hall–Kier alpha value is -1.50. The third-order valence-corrected chi connectivity index (χ3v) is 8.13. The van der Waals surface area contributed by atoms with Gasteiger partial charge in [-0.15, -0.1) is 0 Å². The fourth-order valence-electron chi connectivity index (χ4n) is 3.65. The van der Waals surface area contributed by atoms with Crippen LogP contribution in [0.2, 0.25) is 5.02 Å². The van der Waals surface area contributed by atoms with Crippen LogP contribution < -0.4 is 4.90 Å². The Labute approximate surface area is 169 Å². The molecular formula is C20H21ClN2O2S2. The van der Waals surface area contributed by atoms with Crippen molar-refractivity contribution in [3.63, 3.8) is 0 Å². The molecule has 142 valence electrons. The molecular weight excluding hydrogens is 400 g/mol. The van der Waals surface area contributed by atoms with Crippen molar-refractivity contribution >= 4 is 44.1 Å². The van der Waals surface area contributed by atoms with Crippen LogP contribution in [-0.2, 0) is 15.6 Å². The summed E-state index contributed by atoms with van der Waals surface area (Å²) in [4.78, 5) is 6.94. The van der Waals surface area contributed by atoms with Gasteiger partial charge < -0.3 is 4.90 Å². The molecule has 7 heteroatoms. The summed E-state index contributed by atoms with van der Waals surface area (Å²) in [6.45, 7) is 4.11. The van der Waals surface area contributed by atoms with Gasteiger partial charge >= 0.3 is 0 Å². The molecule has 0 radical (unpaired) electrons. The maximum absolute atomic E-state index is 12.2. The zero-order chi connectivity index (χ0) is 19.2. The molecule has 4 rings (SSSR count). The van der Waals surface area contributed by atoms with Gasteiger partial charge in [0.25, 0.3) is 0 Å². The van der Waals surface area contributed by atoms with Crippen LogP contribution >= 0.6 is 23.4 Å². The lowest BCUT2D eigenvalue weighted by atomic mass is 10.1. The Morgan fingerprint density at radius 2 is 1.96 bits per heavy atom. The van der Waals surface area contributed by atoms with Crippen molar-refractivity contribution in [2.24, 2.45) is 4.99 Å². The fraction of sp³-hybridized carbons (Fsp3) is 0.350. The van der Waals surface area contributed by atoms with Crippen molar-refractivity contribution in [3.05, 3.63) is 64.2 Å². The molecule has 1 fully saturated rings. The van der Waals surface area contributed by atoms with E-state index < -0.39 is 9.84 Å². The van der Waals surface area contributed by atoms with Crippen molar-refractivity contribution < 1.29 is 8.42 Å². The molecule has 0 spiro atoms. The van der Waals surface area contributed by atoms with Crippen LogP contribution in [0, 0.1) is 13.8 Å². The van der Waals surface area contributed by atoms with Gasteiger partial charge in [0.1, 0.15) is 0 Å². The van der Waals surface area contributed by atoms with Gasteiger partial charge in [-0.1, -0.05) is 53.7 Å². The first kappa shape index (κ1) is 18.8. The minimum absolute atomic E-state index is 0.121. The molecule has 0 N–H and O–H groups in total. The van der Waals surface area contributed by atoms with Crippen LogP contribution in [0.4, 0.5) is 5.69 Å². The molecule has 2 aromatic carbocycles. The normalized spacial score (nSPS) is 23.4. The van der Waals surface area contributed by atoms with Crippen LogP contribution in [0.3, 0.4) is 0 Å². The van der Waals surface area contributed by atoms with Gasteiger partial charge in [-0.05, 0) is 42.7 Å². The number of hydrogen-bond donors (Lipinski definition) is 0. The lowest BCUT2D eigenvalue weighted by Gasteiger charge is -2.28. The summed E-state index contributed by atoms with van der Waals surface area (Å²) in [5.41, 5.74) is 4.37. The molecule has 2 aliphatic heterocycles. The van der Waals surface area contributed by atoms with Crippen LogP contribution in [0.5, 0.6) is 0 Å². The second-order valence-electron chi connectivity index (χ2n) is 7.16. The maximum Gasteiger partial charge on any atom is 0.164 e. The van der Waals surface area contributed by atoms with Gasteiger partial charge in [-0.25, -0.2) is 8.42 Å². The summed E-state index contributed by atoms with van der Waals surface area (Å²) in [5.74, 6) is 0.992. The van der Waals surface area contributed by atoms with Crippen molar-refractivity contribution in [1.82, 2.24) is 0 Å². The van der Waals surface area contributed by atoms with E-state index in [1.54, 1.807) is 11.8 Å². The zero-order valence-corrected chi connectivity index (χ0v) is 17.6. The van der Waals surface area contributed by atoms with E-state index in [4.69, 9.17) is 16.6 Å². The van der Waals surface area contributed by atoms with E-state index in [0.29, 0.717) is 5.75 Å². The van der Waals surface area contributed by atoms with Gasteiger partial charge in [-0.2, -0.15) is 0 Å². The number of nitrogens with zero attached hydrogens (tertiary/aromatic N) is 2. The Balaban J connectivity index is 1.68. The summed E-state index contributed by atoms with van der Waals surface area (Å²) in [7, 11) is -3.05. The lowest BCUT2D eigenvalue weighted by molar-refractivity contribution is 0.601. The standard InChI is InChI=1S/C20H21ClN2O2S2/c1-13-7-8-14(2)18(9-13)23-19-12-27(24,25)11-17(19)22-20(23)26-10-15-5-3-4-6-16(15)21/h3-9,17,19H,10-12H2,1-2H3/t17-,19-/m0/s1. The Morgan fingerprint density at radius 3 is 2.74 bits per heavy atom. The van der Waals surface area contributed by atoms with E-state index in [-0.39, 0.29) is 23.6 Å². The molecule has 0 aliphatic carbocycles. The molecule has 4 nitrogen and oxygen atoms in total. The fourth-order valence-corrected chi connectivity index (χ4v) is 6.90. The molecule has 1 saturated heterocycles. The number of rotatable bonds is 3. The topological polar surface area (TPSA) is 49.7 Å². The van der Waals surface area contributed by atoms with Crippen LogP contribution in [0.1, 0.15) is 16.7 Å². The molecule has 27 heavy (non-hydrogen) atoms. The minimum atomic E-state index is -3.05. The average molecular weight is 421 g/mol. The van der Waals surface area contributed by atoms with E-state index in [2.05, 4.69) is 36.9 Å². The van der Waals surface area contributed by atoms with Gasteiger partial charge in [0.2, 0.25) is 0 Å². The number of amidine groups is 1. The van der Waals surface area contributed by atoms with E-state index >= 15 is 0 Å². The molecule has 2 aromatic rings. The number of anilines is 1. The Morgan fingerprint density at radius 1 is 1.19 bits per heavy atom. The zero-order valence-electron chi connectivity index (χ0n) is 15.2. The highest BCUT2D eigenvalue weighted by molar-refractivity contribution is 8.13. The first-order valence-electron chi connectivity index (χ1n) is 8.85. The summed E-state index contributed by atoms with van der Waals surface area (Å²) in [6, 6.07) is 13.8. The van der Waals surface area contributed by atoms with Crippen molar-refractivity contribution in [1.29, 1.82) is 0 Å². The number of aliphatic imine (C=N–C) groups is 1. The third-order valence-electron chi connectivity index (χ3n) is 5.05. The monoisotopic (exact) mass is 420 g/mol. The predicted octanol–water partition coefficient (Wildman–Crippen LogP) is 4.23. The first-order chi connectivity index (χ1) is 12.8. The largest absolute Gasteiger partial charge is 0.315 e. The Kier molecular flexibility index (Phi) is 4.99. The smallest absolute Gasteiger partial charge is 0.164 e. The molecule has 0 amide bonds. The number of hydrogen-bond acceptors (Lipinski definition) is 5. The second-order valence-corrected chi connectivity index (χ2v) is 10.7. The van der Waals surface area contributed by atoms with Crippen molar-refractivity contribution in [3.8, 4) is 0 Å². The van der Waals surface area contributed by atoms with Gasteiger partial charge in [-0.3, -0.25) is 4.99 Å². The summed E-state index contributed by atoms with van der Waals surface area (Å²) >= 11 is 7.92. The van der Waals surface area contributed by atoms with Gasteiger partial charge in [0.15, 0.2) is 15.0 Å². The maximum atomic E-state index is 12.2. The van der Waals surface area contributed by atoms with Gasteiger partial charge in [0.05, 0.1) is 23.6 Å². The average Bonchev–Trinajstić information content (AvgIpc) is 3.07. The highest BCUT2D eigenvalue weighted by Gasteiger charge is 2.47.